The number of benzene rings is 1. The number of amides is 2. The van der Waals surface area contributed by atoms with Crippen LogP contribution in [0.25, 0.3) is 11.1 Å². The molecule has 0 unspecified atom stereocenters. The second kappa shape index (κ2) is 11.7. The molecule has 234 valence electrons. The molecule has 5 N–H and O–H groups in total. The highest BCUT2D eigenvalue weighted by atomic mass is 16.5. The molecule has 1 fully saturated rings. The molecule has 44 heavy (non-hydrogen) atoms. The van der Waals surface area contributed by atoms with E-state index in [1.807, 2.05) is 6.07 Å². The molecule has 12 heteroatoms. The summed E-state index contributed by atoms with van der Waals surface area (Å²) in [5.74, 6) is 1.18. The summed E-state index contributed by atoms with van der Waals surface area (Å²) < 4.78 is 11.3. The first kappa shape index (κ1) is 31.1. The summed E-state index contributed by atoms with van der Waals surface area (Å²) in [6.07, 6.45) is 5.10. The van der Waals surface area contributed by atoms with Gasteiger partial charge in [0.25, 0.3) is 5.91 Å². The number of carbonyl (C=O) groups is 2. The fraction of sp³-hybridized carbons (Fsp3) is 0.469. The van der Waals surface area contributed by atoms with Crippen LogP contribution < -0.4 is 31.3 Å². The molecule has 2 aliphatic rings. The van der Waals surface area contributed by atoms with Crippen molar-refractivity contribution in [2.45, 2.75) is 77.1 Å². The second-order valence-corrected chi connectivity index (χ2v) is 13.3. The number of fused-ring (bicyclic) bond motifs is 1. The van der Waals surface area contributed by atoms with Crippen LogP contribution in [-0.2, 0) is 9.53 Å². The Balaban J connectivity index is 1.49. The zero-order valence-corrected chi connectivity index (χ0v) is 26.4. The lowest BCUT2D eigenvalue weighted by Crippen LogP contribution is -2.60. The molecular weight excluding hydrogens is 560 g/mol. The van der Waals surface area contributed by atoms with Gasteiger partial charge in [0.05, 0.1) is 25.0 Å². The van der Waals surface area contributed by atoms with Crippen molar-refractivity contribution < 1.29 is 19.1 Å². The van der Waals surface area contributed by atoms with Crippen molar-refractivity contribution in [3.63, 3.8) is 0 Å². The molecule has 1 aromatic carbocycles. The number of pyridine rings is 1. The molecule has 2 aliphatic heterocycles. The van der Waals surface area contributed by atoms with Gasteiger partial charge in [-0.3, -0.25) is 14.5 Å². The van der Waals surface area contributed by atoms with Crippen LogP contribution >= 0.6 is 0 Å². The Morgan fingerprint density at radius 1 is 1.11 bits per heavy atom. The smallest absolute Gasteiger partial charge is 0.271 e. The topological polar surface area (TPSA) is 157 Å². The number of ether oxygens (including phenoxy) is 2. The van der Waals surface area contributed by atoms with E-state index < -0.39 is 11.5 Å². The molecule has 0 bridgehead atoms. The Hall–Kier alpha value is -4.29. The average molecular weight is 603 g/mol. The van der Waals surface area contributed by atoms with Gasteiger partial charge in [-0.25, -0.2) is 9.97 Å². The largest absolute Gasteiger partial charge is 0.474 e. The molecule has 2 amide bonds. The number of primary amides is 1. The van der Waals surface area contributed by atoms with E-state index >= 15 is 0 Å². The van der Waals surface area contributed by atoms with Crippen molar-refractivity contribution >= 4 is 35.1 Å². The van der Waals surface area contributed by atoms with Crippen molar-refractivity contribution in [3.8, 4) is 16.9 Å². The van der Waals surface area contributed by atoms with E-state index in [-0.39, 0.29) is 23.0 Å². The fourth-order valence-electron chi connectivity index (χ4n) is 6.26. The van der Waals surface area contributed by atoms with Crippen LogP contribution in [0.2, 0.25) is 0 Å². The number of aromatic nitrogens is 3. The van der Waals surface area contributed by atoms with Crippen LogP contribution in [0.1, 0.15) is 64.7 Å². The maximum Gasteiger partial charge on any atom is 0.271 e. The number of methoxy groups -OCH3 is 1. The van der Waals surface area contributed by atoms with Crippen molar-refractivity contribution in [2.24, 2.45) is 5.73 Å². The highest BCUT2D eigenvalue weighted by molar-refractivity contribution is 6.01. The SMILES string of the molecule is COCCN1C(=O)C(C)(C)Oc2cc(Nc3ncc(-c4cccc(C(N)=O)c4)c(NC4CC(C)(C)NC(C)(C)C4)n3)cnc21. The van der Waals surface area contributed by atoms with E-state index in [1.165, 1.54) is 0 Å². The van der Waals surface area contributed by atoms with Crippen LogP contribution in [0.4, 0.5) is 23.3 Å². The molecule has 1 saturated heterocycles. The van der Waals surface area contributed by atoms with Crippen LogP contribution in [0.3, 0.4) is 0 Å². The minimum Gasteiger partial charge on any atom is -0.474 e. The standard InChI is InChI=1S/C32H42N8O4/c1-30(2)15-22(16-31(3,4)39-30)36-26-23(19-9-8-10-20(13-19)25(33)41)18-35-29(38-26)37-21-14-24-27(34-17-21)40(11-12-43-7)28(42)32(5,6)44-24/h8-10,13-14,17-18,22,39H,11-12,15-16H2,1-7H3,(H2,33,41)(H2,35,36,37,38). The first-order valence-electron chi connectivity index (χ1n) is 14.8. The Labute approximate surface area is 258 Å². The highest BCUT2D eigenvalue weighted by Gasteiger charge is 2.42. The molecule has 0 aliphatic carbocycles. The number of piperidine rings is 1. The minimum atomic E-state index is -1.06. The number of nitrogens with zero attached hydrogens (tertiary/aromatic N) is 4. The van der Waals surface area contributed by atoms with Crippen LogP contribution in [-0.4, -0.2) is 69.7 Å². The first-order valence-corrected chi connectivity index (χ1v) is 14.8. The number of anilines is 4. The number of nitrogens with one attached hydrogen (secondary N) is 3. The quantitative estimate of drug-likeness (QED) is 0.279. The predicted molar refractivity (Wildman–Crippen MR) is 170 cm³/mol. The Morgan fingerprint density at radius 3 is 2.52 bits per heavy atom. The van der Waals surface area contributed by atoms with E-state index in [4.69, 9.17) is 20.2 Å². The van der Waals surface area contributed by atoms with Gasteiger partial charge in [-0.15, -0.1) is 0 Å². The Kier molecular flexibility index (Phi) is 8.25. The van der Waals surface area contributed by atoms with E-state index in [2.05, 4.69) is 53.6 Å². The van der Waals surface area contributed by atoms with Gasteiger partial charge in [0.1, 0.15) is 5.82 Å². The van der Waals surface area contributed by atoms with E-state index in [0.29, 0.717) is 47.7 Å². The van der Waals surface area contributed by atoms with Crippen molar-refractivity contribution in [1.29, 1.82) is 0 Å². The number of hydrogen-bond donors (Lipinski definition) is 4. The van der Waals surface area contributed by atoms with E-state index in [9.17, 15) is 9.59 Å². The lowest BCUT2D eigenvalue weighted by molar-refractivity contribution is -0.132. The van der Waals surface area contributed by atoms with Gasteiger partial charge in [-0.2, -0.15) is 4.98 Å². The molecule has 0 radical (unpaired) electrons. The second-order valence-electron chi connectivity index (χ2n) is 13.3. The van der Waals surface area contributed by atoms with Crippen molar-refractivity contribution in [2.75, 3.05) is 35.8 Å². The summed E-state index contributed by atoms with van der Waals surface area (Å²) in [5.41, 5.74) is 6.86. The predicted octanol–water partition coefficient (Wildman–Crippen LogP) is 4.25. The monoisotopic (exact) mass is 602 g/mol. The number of nitrogens with two attached hydrogens (primary N) is 1. The van der Waals surface area contributed by atoms with Gasteiger partial charge in [0, 0.05) is 47.6 Å². The zero-order chi connectivity index (χ0) is 31.9. The zero-order valence-electron chi connectivity index (χ0n) is 26.4. The third kappa shape index (κ3) is 6.76. The third-order valence-corrected chi connectivity index (χ3v) is 7.77. The number of rotatable bonds is 9. The van der Waals surface area contributed by atoms with Gasteiger partial charge >= 0.3 is 0 Å². The molecule has 0 saturated carbocycles. The number of carbonyl (C=O) groups excluding carboxylic acids is 2. The van der Waals surface area contributed by atoms with Crippen molar-refractivity contribution in [1.82, 2.24) is 20.3 Å². The molecule has 5 rings (SSSR count). The molecular formula is C32H42N8O4. The molecule has 2 aromatic heterocycles. The summed E-state index contributed by atoms with van der Waals surface area (Å²) in [6.45, 7) is 13.0. The first-order chi connectivity index (χ1) is 20.7. The van der Waals surface area contributed by atoms with Gasteiger partial charge in [0.2, 0.25) is 11.9 Å². The maximum atomic E-state index is 13.0. The lowest BCUT2D eigenvalue weighted by Gasteiger charge is -2.46. The fourth-order valence-corrected chi connectivity index (χ4v) is 6.26. The normalized spacial score (nSPS) is 18.7. The Morgan fingerprint density at radius 2 is 1.84 bits per heavy atom. The van der Waals surface area contributed by atoms with Gasteiger partial charge < -0.3 is 31.2 Å². The van der Waals surface area contributed by atoms with E-state index in [0.717, 1.165) is 24.0 Å². The molecule has 12 nitrogen and oxygen atoms in total. The van der Waals surface area contributed by atoms with Gasteiger partial charge in [0.15, 0.2) is 17.2 Å². The van der Waals surface area contributed by atoms with Crippen LogP contribution in [0, 0.1) is 0 Å². The summed E-state index contributed by atoms with van der Waals surface area (Å²) >= 11 is 0. The summed E-state index contributed by atoms with van der Waals surface area (Å²) in [7, 11) is 1.59. The average Bonchev–Trinajstić information content (AvgIpc) is 2.92. The lowest BCUT2D eigenvalue weighted by atomic mass is 9.79. The Bertz CT molecular complexity index is 1560. The summed E-state index contributed by atoms with van der Waals surface area (Å²) in [4.78, 5) is 40.6. The third-order valence-electron chi connectivity index (χ3n) is 7.77. The summed E-state index contributed by atoms with van der Waals surface area (Å²) in [5, 5.41) is 10.6. The minimum absolute atomic E-state index is 0.0827. The van der Waals surface area contributed by atoms with E-state index in [1.54, 1.807) is 62.5 Å². The maximum absolute atomic E-state index is 13.0. The molecule has 0 atom stereocenters. The molecule has 3 aromatic rings. The van der Waals surface area contributed by atoms with Gasteiger partial charge in [-0.05, 0) is 72.1 Å². The van der Waals surface area contributed by atoms with Crippen LogP contribution in [0.15, 0.2) is 42.7 Å². The van der Waals surface area contributed by atoms with Gasteiger partial charge in [-0.1, -0.05) is 12.1 Å². The highest BCUT2D eigenvalue weighted by Crippen LogP contribution is 2.39. The molecule has 4 heterocycles. The number of hydrogen-bond acceptors (Lipinski definition) is 10. The summed E-state index contributed by atoms with van der Waals surface area (Å²) in [6, 6.07) is 9.04. The van der Waals surface area contributed by atoms with Crippen molar-refractivity contribution in [3.05, 3.63) is 48.3 Å². The molecule has 0 spiro atoms. The van der Waals surface area contributed by atoms with Crippen LogP contribution in [0.5, 0.6) is 5.75 Å².